The van der Waals surface area contributed by atoms with Gasteiger partial charge in [-0.25, -0.2) is 0 Å². The topological polar surface area (TPSA) is 51.6 Å². The van der Waals surface area contributed by atoms with Crippen LogP contribution >= 0.6 is 0 Å². The number of hydrogen-bond acceptors (Lipinski definition) is 4. The molecule has 0 bridgehead atoms. The van der Waals surface area contributed by atoms with Crippen LogP contribution in [0, 0.1) is 0 Å². The first kappa shape index (κ1) is 14.3. The number of hydrogen-bond donors (Lipinski definition) is 1. The van der Waals surface area contributed by atoms with Gasteiger partial charge in [0.05, 0.1) is 31.1 Å². The van der Waals surface area contributed by atoms with Gasteiger partial charge in [0.2, 0.25) is 0 Å². The SMILES string of the molecule is CCCOc1cncc(C2(O)CCOC(CC)C2)c1. The molecule has 4 heteroatoms. The lowest BCUT2D eigenvalue weighted by Gasteiger charge is -2.36. The molecule has 1 N–H and O–H groups in total. The number of nitrogens with zero attached hydrogens (tertiary/aromatic N) is 1. The van der Waals surface area contributed by atoms with Crippen molar-refractivity contribution in [3.63, 3.8) is 0 Å². The largest absolute Gasteiger partial charge is 0.492 e. The first-order chi connectivity index (χ1) is 9.18. The van der Waals surface area contributed by atoms with Crippen LogP contribution in [0.15, 0.2) is 18.5 Å². The highest BCUT2D eigenvalue weighted by molar-refractivity contribution is 5.28. The Morgan fingerprint density at radius 3 is 3.05 bits per heavy atom. The van der Waals surface area contributed by atoms with E-state index < -0.39 is 5.60 Å². The Morgan fingerprint density at radius 1 is 1.47 bits per heavy atom. The van der Waals surface area contributed by atoms with Crippen molar-refractivity contribution in [1.82, 2.24) is 4.98 Å². The van der Waals surface area contributed by atoms with E-state index in [1.807, 2.05) is 6.07 Å². The highest BCUT2D eigenvalue weighted by atomic mass is 16.5. The quantitative estimate of drug-likeness (QED) is 0.889. The summed E-state index contributed by atoms with van der Waals surface area (Å²) in [6.07, 6.45) is 6.67. The number of pyridine rings is 1. The highest BCUT2D eigenvalue weighted by Crippen LogP contribution is 2.36. The van der Waals surface area contributed by atoms with E-state index in [4.69, 9.17) is 9.47 Å². The molecule has 1 aliphatic heterocycles. The zero-order valence-corrected chi connectivity index (χ0v) is 11.8. The average Bonchev–Trinajstić information content (AvgIpc) is 2.45. The monoisotopic (exact) mass is 265 g/mol. The van der Waals surface area contributed by atoms with Crippen molar-refractivity contribution in [3.8, 4) is 5.75 Å². The lowest BCUT2D eigenvalue weighted by molar-refractivity contribution is -0.108. The maximum Gasteiger partial charge on any atom is 0.137 e. The molecule has 1 aromatic rings. The smallest absolute Gasteiger partial charge is 0.137 e. The first-order valence-electron chi connectivity index (χ1n) is 7.10. The van der Waals surface area contributed by atoms with Crippen molar-refractivity contribution in [2.24, 2.45) is 0 Å². The Balaban J connectivity index is 2.15. The molecule has 2 heterocycles. The highest BCUT2D eigenvalue weighted by Gasteiger charge is 2.36. The Hall–Kier alpha value is -1.13. The fourth-order valence-electron chi connectivity index (χ4n) is 2.43. The number of aliphatic hydroxyl groups is 1. The van der Waals surface area contributed by atoms with Crippen LogP contribution in [0.25, 0.3) is 0 Å². The van der Waals surface area contributed by atoms with Gasteiger partial charge in [0, 0.05) is 24.6 Å². The number of rotatable bonds is 5. The minimum Gasteiger partial charge on any atom is -0.492 e. The molecule has 1 fully saturated rings. The van der Waals surface area contributed by atoms with Gasteiger partial charge in [-0.15, -0.1) is 0 Å². The summed E-state index contributed by atoms with van der Waals surface area (Å²) in [6, 6.07) is 1.90. The van der Waals surface area contributed by atoms with Gasteiger partial charge in [-0.1, -0.05) is 13.8 Å². The fourth-order valence-corrected chi connectivity index (χ4v) is 2.43. The van der Waals surface area contributed by atoms with Crippen LogP contribution in [0.5, 0.6) is 5.75 Å². The van der Waals surface area contributed by atoms with E-state index in [2.05, 4.69) is 18.8 Å². The molecule has 2 atom stereocenters. The van der Waals surface area contributed by atoms with Gasteiger partial charge < -0.3 is 14.6 Å². The summed E-state index contributed by atoms with van der Waals surface area (Å²) in [4.78, 5) is 4.18. The van der Waals surface area contributed by atoms with Crippen molar-refractivity contribution in [3.05, 3.63) is 24.0 Å². The van der Waals surface area contributed by atoms with Gasteiger partial charge in [-0.3, -0.25) is 4.98 Å². The Bertz CT molecular complexity index is 410. The minimum absolute atomic E-state index is 0.124. The Labute approximate surface area is 114 Å². The third-order valence-electron chi connectivity index (χ3n) is 3.61. The predicted molar refractivity (Wildman–Crippen MR) is 73.2 cm³/mol. The van der Waals surface area contributed by atoms with E-state index in [-0.39, 0.29) is 6.10 Å². The molecule has 1 aromatic heterocycles. The molecule has 2 rings (SSSR count). The van der Waals surface area contributed by atoms with Gasteiger partial charge in [-0.05, 0) is 18.9 Å². The normalized spacial score (nSPS) is 27.2. The minimum atomic E-state index is -0.836. The van der Waals surface area contributed by atoms with Gasteiger partial charge in [-0.2, -0.15) is 0 Å². The Kier molecular flexibility index (Phi) is 4.77. The molecule has 0 spiro atoms. The molecule has 0 aliphatic carbocycles. The van der Waals surface area contributed by atoms with Crippen LogP contribution in [-0.4, -0.2) is 29.4 Å². The number of ether oxygens (including phenoxy) is 2. The molecule has 0 amide bonds. The maximum atomic E-state index is 10.8. The molecular weight excluding hydrogens is 242 g/mol. The molecule has 106 valence electrons. The maximum absolute atomic E-state index is 10.8. The van der Waals surface area contributed by atoms with Crippen molar-refractivity contribution in [2.75, 3.05) is 13.2 Å². The lowest BCUT2D eigenvalue weighted by Crippen LogP contribution is -2.38. The zero-order chi connectivity index (χ0) is 13.7. The summed E-state index contributed by atoms with van der Waals surface area (Å²) in [6.45, 7) is 5.41. The second-order valence-electron chi connectivity index (χ2n) is 5.14. The third-order valence-corrected chi connectivity index (χ3v) is 3.61. The number of aromatic nitrogens is 1. The second-order valence-corrected chi connectivity index (χ2v) is 5.14. The van der Waals surface area contributed by atoms with Crippen LogP contribution in [0.2, 0.25) is 0 Å². The van der Waals surface area contributed by atoms with Gasteiger partial charge in [0.15, 0.2) is 0 Å². The summed E-state index contributed by atoms with van der Waals surface area (Å²) in [5, 5.41) is 10.8. The Morgan fingerprint density at radius 2 is 2.32 bits per heavy atom. The molecule has 0 saturated carbocycles. The van der Waals surface area contributed by atoms with E-state index >= 15 is 0 Å². The van der Waals surface area contributed by atoms with Crippen LogP contribution in [0.3, 0.4) is 0 Å². The first-order valence-corrected chi connectivity index (χ1v) is 7.10. The summed E-state index contributed by atoms with van der Waals surface area (Å²) in [7, 11) is 0. The van der Waals surface area contributed by atoms with E-state index in [1.54, 1.807) is 12.4 Å². The molecule has 0 aromatic carbocycles. The zero-order valence-electron chi connectivity index (χ0n) is 11.8. The van der Waals surface area contributed by atoms with Gasteiger partial charge in [0.25, 0.3) is 0 Å². The van der Waals surface area contributed by atoms with E-state index in [9.17, 15) is 5.11 Å². The summed E-state index contributed by atoms with van der Waals surface area (Å²) in [5.41, 5.74) is 0.000173. The molecule has 1 aliphatic rings. The standard InChI is InChI=1S/C15H23NO3/c1-3-6-18-14-8-12(10-16-11-14)15(17)5-7-19-13(4-2)9-15/h8,10-11,13,17H,3-7,9H2,1-2H3. The molecule has 19 heavy (non-hydrogen) atoms. The van der Waals surface area contributed by atoms with E-state index in [1.165, 1.54) is 0 Å². The second kappa shape index (κ2) is 6.35. The molecular formula is C15H23NO3. The van der Waals surface area contributed by atoms with Crippen molar-refractivity contribution >= 4 is 0 Å². The molecule has 1 saturated heterocycles. The van der Waals surface area contributed by atoms with Crippen molar-refractivity contribution < 1.29 is 14.6 Å². The van der Waals surface area contributed by atoms with Crippen LogP contribution in [0.1, 0.15) is 45.1 Å². The lowest BCUT2D eigenvalue weighted by atomic mass is 9.84. The van der Waals surface area contributed by atoms with Gasteiger partial charge in [0.1, 0.15) is 5.75 Å². The predicted octanol–water partition coefficient (Wildman–Crippen LogP) is 2.65. The summed E-state index contributed by atoms with van der Waals surface area (Å²) >= 11 is 0. The molecule has 2 unspecified atom stereocenters. The molecule has 4 nitrogen and oxygen atoms in total. The fraction of sp³-hybridized carbons (Fsp3) is 0.667. The van der Waals surface area contributed by atoms with Crippen molar-refractivity contribution in [2.45, 2.75) is 51.2 Å². The third kappa shape index (κ3) is 3.45. The van der Waals surface area contributed by atoms with E-state index in [0.29, 0.717) is 26.1 Å². The van der Waals surface area contributed by atoms with Gasteiger partial charge >= 0.3 is 0 Å². The van der Waals surface area contributed by atoms with E-state index in [0.717, 1.165) is 24.2 Å². The van der Waals surface area contributed by atoms with Crippen LogP contribution in [-0.2, 0) is 10.3 Å². The van der Waals surface area contributed by atoms with Crippen molar-refractivity contribution in [1.29, 1.82) is 0 Å². The molecule has 0 radical (unpaired) electrons. The average molecular weight is 265 g/mol. The van der Waals surface area contributed by atoms with Crippen LogP contribution in [0.4, 0.5) is 0 Å². The summed E-state index contributed by atoms with van der Waals surface area (Å²) in [5.74, 6) is 0.729. The van der Waals surface area contributed by atoms with Crippen LogP contribution < -0.4 is 4.74 Å². The summed E-state index contributed by atoms with van der Waals surface area (Å²) < 4.78 is 11.2.